The monoisotopic (exact) mass is 450 g/mol. The van der Waals surface area contributed by atoms with Gasteiger partial charge in [0.15, 0.2) is 0 Å². The van der Waals surface area contributed by atoms with E-state index in [0.717, 1.165) is 47.0 Å². The highest BCUT2D eigenvalue weighted by Crippen LogP contribution is 2.26. The van der Waals surface area contributed by atoms with Gasteiger partial charge in [-0.05, 0) is 54.5 Å². The quantitative estimate of drug-likeness (QED) is 0.301. The lowest BCUT2D eigenvalue weighted by molar-refractivity contribution is 0.0941. The third-order valence-corrected chi connectivity index (χ3v) is 6.22. The van der Waals surface area contributed by atoms with Crippen molar-refractivity contribution in [2.24, 2.45) is 5.92 Å². The molecule has 0 radical (unpaired) electrons. The zero-order valence-corrected chi connectivity index (χ0v) is 20.6. The Morgan fingerprint density at radius 2 is 1.56 bits per heavy atom. The fourth-order valence-corrected chi connectivity index (χ4v) is 4.41. The molecule has 1 aromatic heterocycles. The molecule has 3 nitrogen and oxygen atoms in total. The van der Waals surface area contributed by atoms with E-state index in [2.05, 4.69) is 74.6 Å². The van der Waals surface area contributed by atoms with Crippen LogP contribution in [0.1, 0.15) is 67.2 Å². The average molecular weight is 451 g/mol. The molecule has 174 valence electrons. The van der Waals surface area contributed by atoms with E-state index in [-0.39, 0.29) is 11.9 Å². The highest BCUT2D eigenvalue weighted by atomic mass is 16.1. The Balaban J connectivity index is 1.62. The van der Waals surface area contributed by atoms with Crippen molar-refractivity contribution >= 4 is 16.8 Å². The van der Waals surface area contributed by atoms with Crippen LogP contribution in [0.25, 0.3) is 22.2 Å². The zero-order valence-electron chi connectivity index (χ0n) is 20.6. The second kappa shape index (κ2) is 10.6. The molecule has 1 N–H and O–H groups in total. The van der Waals surface area contributed by atoms with E-state index in [4.69, 9.17) is 4.98 Å². The summed E-state index contributed by atoms with van der Waals surface area (Å²) in [7, 11) is 0. The van der Waals surface area contributed by atoms with Crippen LogP contribution in [0.3, 0.4) is 0 Å². The van der Waals surface area contributed by atoms with Crippen LogP contribution in [-0.4, -0.2) is 10.9 Å². The van der Waals surface area contributed by atoms with Crippen molar-refractivity contribution in [2.45, 2.75) is 53.0 Å². The zero-order chi connectivity index (χ0) is 24.1. The molecular weight excluding hydrogens is 416 g/mol. The largest absolute Gasteiger partial charge is 0.345 e. The molecule has 0 aliphatic heterocycles. The minimum atomic E-state index is -0.0890. The Labute approximate surface area is 203 Å². The molecule has 0 saturated carbocycles. The Kier molecular flexibility index (Phi) is 7.42. The van der Waals surface area contributed by atoms with E-state index in [1.54, 1.807) is 0 Å². The molecule has 0 saturated heterocycles. The van der Waals surface area contributed by atoms with Crippen LogP contribution in [0.5, 0.6) is 0 Å². The summed E-state index contributed by atoms with van der Waals surface area (Å²) >= 11 is 0. The summed E-state index contributed by atoms with van der Waals surface area (Å²) < 4.78 is 0. The number of aryl methyl sites for hydroxylation is 1. The first-order valence-corrected chi connectivity index (χ1v) is 12.3. The van der Waals surface area contributed by atoms with Crippen LogP contribution in [-0.2, 0) is 12.8 Å². The van der Waals surface area contributed by atoms with E-state index in [1.165, 1.54) is 11.1 Å². The van der Waals surface area contributed by atoms with Crippen molar-refractivity contribution in [3.63, 3.8) is 0 Å². The first-order valence-electron chi connectivity index (χ1n) is 12.3. The van der Waals surface area contributed by atoms with Gasteiger partial charge in [0.2, 0.25) is 0 Å². The Bertz CT molecular complexity index is 1260. The molecule has 0 aliphatic rings. The minimum Gasteiger partial charge on any atom is -0.345 e. The van der Waals surface area contributed by atoms with Gasteiger partial charge in [-0.2, -0.15) is 0 Å². The lowest BCUT2D eigenvalue weighted by Crippen LogP contribution is -2.27. The average Bonchev–Trinajstić information content (AvgIpc) is 2.84. The molecule has 0 spiro atoms. The van der Waals surface area contributed by atoms with Gasteiger partial charge >= 0.3 is 0 Å². The van der Waals surface area contributed by atoms with E-state index in [1.807, 2.05) is 37.3 Å². The van der Waals surface area contributed by atoms with Crippen LogP contribution in [0, 0.1) is 5.92 Å². The normalized spacial score (nSPS) is 12.1. The summed E-state index contributed by atoms with van der Waals surface area (Å²) in [6.45, 7) is 8.67. The second-order valence-electron chi connectivity index (χ2n) is 9.55. The lowest BCUT2D eigenvalue weighted by atomic mass is 9.99. The van der Waals surface area contributed by atoms with Crippen LogP contribution in [0.2, 0.25) is 0 Å². The number of rotatable bonds is 8. The number of nitrogens with zero attached hydrogens (tertiary/aromatic N) is 1. The fraction of sp³-hybridized carbons (Fsp3) is 0.290. The SMILES string of the molecule is CCCc1ccc(C(C)NC(=O)c2cc(-c3ccc(CC(C)C)cc3)nc3ccccc23)cc1. The van der Waals surface area contributed by atoms with E-state index >= 15 is 0 Å². The summed E-state index contributed by atoms with van der Waals surface area (Å²) in [6.07, 6.45) is 3.26. The number of nitrogens with one attached hydrogen (secondary N) is 1. The van der Waals surface area contributed by atoms with E-state index < -0.39 is 0 Å². The van der Waals surface area contributed by atoms with Gasteiger partial charge in [-0.1, -0.05) is 93.9 Å². The van der Waals surface area contributed by atoms with Gasteiger partial charge in [0.05, 0.1) is 22.8 Å². The number of para-hydroxylation sites is 1. The van der Waals surface area contributed by atoms with Crippen molar-refractivity contribution in [1.82, 2.24) is 10.3 Å². The molecule has 1 unspecified atom stereocenters. The lowest BCUT2D eigenvalue weighted by Gasteiger charge is -2.17. The summed E-state index contributed by atoms with van der Waals surface area (Å²) in [5.41, 5.74) is 7.07. The van der Waals surface area contributed by atoms with Gasteiger partial charge in [-0.25, -0.2) is 4.98 Å². The van der Waals surface area contributed by atoms with Gasteiger partial charge in [-0.3, -0.25) is 4.79 Å². The topological polar surface area (TPSA) is 42.0 Å². The molecule has 4 rings (SSSR count). The van der Waals surface area contributed by atoms with Gasteiger partial charge in [0.25, 0.3) is 5.91 Å². The fourth-order valence-electron chi connectivity index (χ4n) is 4.41. The van der Waals surface area contributed by atoms with E-state index in [0.29, 0.717) is 11.5 Å². The summed E-state index contributed by atoms with van der Waals surface area (Å²) in [5, 5.41) is 4.07. The second-order valence-corrected chi connectivity index (χ2v) is 9.55. The van der Waals surface area contributed by atoms with Gasteiger partial charge in [0.1, 0.15) is 0 Å². The maximum Gasteiger partial charge on any atom is 0.252 e. The molecule has 34 heavy (non-hydrogen) atoms. The number of hydrogen-bond donors (Lipinski definition) is 1. The molecule has 4 aromatic rings. The third kappa shape index (κ3) is 5.53. The first-order chi connectivity index (χ1) is 16.4. The maximum absolute atomic E-state index is 13.4. The molecular formula is C31H34N2O. The maximum atomic E-state index is 13.4. The number of amides is 1. The van der Waals surface area contributed by atoms with Crippen LogP contribution in [0.4, 0.5) is 0 Å². The van der Waals surface area contributed by atoms with Crippen LogP contribution < -0.4 is 5.32 Å². The van der Waals surface area contributed by atoms with Gasteiger partial charge in [0, 0.05) is 10.9 Å². The minimum absolute atomic E-state index is 0.0820. The molecule has 1 amide bonds. The van der Waals surface area contributed by atoms with Gasteiger partial charge in [-0.15, -0.1) is 0 Å². The molecule has 1 heterocycles. The number of hydrogen-bond acceptors (Lipinski definition) is 2. The predicted octanol–water partition coefficient (Wildman–Crippen LogP) is 7.54. The highest BCUT2D eigenvalue weighted by Gasteiger charge is 2.17. The number of aromatic nitrogens is 1. The highest BCUT2D eigenvalue weighted by molar-refractivity contribution is 6.07. The standard InChI is InChI=1S/C31H34N2O/c1-5-8-23-11-15-25(16-12-23)22(4)32-31(34)28-20-30(33-29-10-7-6-9-27(28)29)26-17-13-24(14-18-26)19-21(2)3/h6-7,9-18,20-22H,5,8,19H2,1-4H3,(H,32,34). The van der Waals surface area contributed by atoms with Crippen molar-refractivity contribution in [3.05, 3.63) is 101 Å². The number of carbonyl (C=O) groups is 1. The van der Waals surface area contributed by atoms with Gasteiger partial charge < -0.3 is 5.32 Å². The van der Waals surface area contributed by atoms with Crippen molar-refractivity contribution in [2.75, 3.05) is 0 Å². The van der Waals surface area contributed by atoms with Crippen molar-refractivity contribution < 1.29 is 4.79 Å². The number of benzene rings is 3. The first kappa shape index (κ1) is 23.7. The molecule has 3 aromatic carbocycles. The predicted molar refractivity (Wildman–Crippen MR) is 142 cm³/mol. The summed E-state index contributed by atoms with van der Waals surface area (Å²) in [4.78, 5) is 18.3. The van der Waals surface area contributed by atoms with E-state index in [9.17, 15) is 4.79 Å². The van der Waals surface area contributed by atoms with Crippen molar-refractivity contribution in [3.8, 4) is 11.3 Å². The molecule has 0 bridgehead atoms. The number of pyridine rings is 1. The van der Waals surface area contributed by atoms with Crippen molar-refractivity contribution in [1.29, 1.82) is 0 Å². The van der Waals surface area contributed by atoms with Crippen LogP contribution in [0.15, 0.2) is 78.9 Å². The number of carbonyl (C=O) groups excluding carboxylic acids is 1. The van der Waals surface area contributed by atoms with Crippen LogP contribution >= 0.6 is 0 Å². The Hall–Kier alpha value is -3.46. The molecule has 0 aliphatic carbocycles. The molecule has 0 fully saturated rings. The smallest absolute Gasteiger partial charge is 0.252 e. The molecule has 3 heteroatoms. The Morgan fingerprint density at radius 1 is 0.882 bits per heavy atom. The summed E-state index contributed by atoms with van der Waals surface area (Å²) in [6, 6.07) is 26.8. The summed E-state index contributed by atoms with van der Waals surface area (Å²) in [5.74, 6) is 0.534. The number of fused-ring (bicyclic) bond motifs is 1. The Morgan fingerprint density at radius 3 is 2.24 bits per heavy atom. The third-order valence-electron chi connectivity index (χ3n) is 6.22. The molecule has 1 atom stereocenters.